The van der Waals surface area contributed by atoms with Gasteiger partial charge in [0, 0.05) is 6.61 Å². The Bertz CT molecular complexity index is 639. The van der Waals surface area contributed by atoms with Crippen LogP contribution in [0.1, 0.15) is 6.42 Å². The zero-order chi connectivity index (χ0) is 13.5. The summed E-state index contributed by atoms with van der Waals surface area (Å²) >= 11 is 0. The summed E-state index contributed by atoms with van der Waals surface area (Å²) in [6.07, 6.45) is 0.753. The number of nitrogens with one attached hydrogen (secondary N) is 2. The van der Waals surface area contributed by atoms with E-state index in [1.807, 2.05) is 0 Å². The van der Waals surface area contributed by atoms with Crippen LogP contribution in [0.25, 0.3) is 0 Å². The molecule has 102 valence electrons. The number of hydrogen-bond acceptors (Lipinski definition) is 4. The van der Waals surface area contributed by atoms with Crippen molar-refractivity contribution in [2.75, 3.05) is 18.5 Å². The number of rotatable bonds is 1. The molecule has 1 aromatic carbocycles. The second kappa shape index (κ2) is 4.46. The normalized spacial score (nSPS) is 26.6. The van der Waals surface area contributed by atoms with E-state index in [1.165, 1.54) is 12.1 Å². The second-order valence-electron chi connectivity index (χ2n) is 4.37. The van der Waals surface area contributed by atoms with E-state index in [2.05, 4.69) is 15.0 Å². The minimum absolute atomic E-state index is 0.0628. The number of fused-ring (bicyclic) bond motifs is 1. The first-order chi connectivity index (χ1) is 9.04. The Balaban J connectivity index is 1.97. The van der Waals surface area contributed by atoms with E-state index >= 15 is 0 Å². The number of guanidine groups is 1. The molecular formula is C11H12FN3O3S. The minimum Gasteiger partial charge on any atom is -0.379 e. The van der Waals surface area contributed by atoms with Gasteiger partial charge >= 0.3 is 0 Å². The van der Waals surface area contributed by atoms with Crippen molar-refractivity contribution in [2.45, 2.75) is 17.4 Å². The van der Waals surface area contributed by atoms with Gasteiger partial charge in [-0.25, -0.2) is 22.5 Å². The van der Waals surface area contributed by atoms with Gasteiger partial charge in [-0.3, -0.25) is 0 Å². The molecule has 19 heavy (non-hydrogen) atoms. The lowest BCUT2D eigenvalue weighted by atomic mass is 10.3. The predicted octanol–water partition coefficient (Wildman–Crippen LogP) is 0.674. The standard InChI is InChI=1S/C11H12FN3O3S/c12-7-1-2-9-10(5-7)19(16,17)15-11(14-9)13-8-3-4-18-6-8/h1-2,5,8H,3-4,6H2,(H2,13,14,15). The zero-order valence-corrected chi connectivity index (χ0v) is 10.7. The van der Waals surface area contributed by atoms with Gasteiger partial charge in [0.25, 0.3) is 10.0 Å². The number of ether oxygens (including phenoxy) is 1. The molecule has 1 unspecified atom stereocenters. The van der Waals surface area contributed by atoms with Gasteiger partial charge in [0.1, 0.15) is 10.7 Å². The van der Waals surface area contributed by atoms with Crippen molar-refractivity contribution < 1.29 is 17.5 Å². The molecule has 1 fully saturated rings. The van der Waals surface area contributed by atoms with Gasteiger partial charge in [-0.05, 0) is 24.6 Å². The van der Waals surface area contributed by atoms with Crippen LogP contribution in [-0.2, 0) is 14.8 Å². The number of hydrogen-bond donors (Lipinski definition) is 2. The number of benzene rings is 1. The summed E-state index contributed by atoms with van der Waals surface area (Å²) in [6, 6.07) is 3.49. The van der Waals surface area contributed by atoms with Crippen molar-refractivity contribution in [1.29, 1.82) is 0 Å². The number of anilines is 1. The van der Waals surface area contributed by atoms with Crippen molar-refractivity contribution in [3.05, 3.63) is 24.0 Å². The lowest BCUT2D eigenvalue weighted by molar-refractivity contribution is 0.194. The summed E-state index contributed by atoms with van der Waals surface area (Å²) in [5.74, 6) is -0.454. The molecule has 2 aliphatic heterocycles. The third-order valence-electron chi connectivity index (χ3n) is 2.93. The molecular weight excluding hydrogens is 273 g/mol. The van der Waals surface area contributed by atoms with Crippen LogP contribution in [-0.4, -0.2) is 33.6 Å². The molecule has 3 rings (SSSR count). The Labute approximate surface area is 109 Å². The van der Waals surface area contributed by atoms with Crippen molar-refractivity contribution >= 4 is 21.7 Å². The maximum atomic E-state index is 13.1. The Morgan fingerprint density at radius 1 is 1.42 bits per heavy atom. The van der Waals surface area contributed by atoms with Crippen molar-refractivity contribution in [3.8, 4) is 0 Å². The molecule has 2 heterocycles. The van der Waals surface area contributed by atoms with Crippen molar-refractivity contribution in [2.24, 2.45) is 4.99 Å². The first-order valence-corrected chi connectivity index (χ1v) is 7.28. The lowest BCUT2D eigenvalue weighted by Crippen LogP contribution is -2.41. The van der Waals surface area contributed by atoms with Gasteiger partial charge in [0.05, 0.1) is 18.3 Å². The predicted molar refractivity (Wildman–Crippen MR) is 67.0 cm³/mol. The maximum absolute atomic E-state index is 13.1. The first kappa shape index (κ1) is 12.4. The molecule has 6 nitrogen and oxygen atoms in total. The third-order valence-corrected chi connectivity index (χ3v) is 4.31. The van der Waals surface area contributed by atoms with Crippen molar-refractivity contribution in [3.63, 3.8) is 0 Å². The molecule has 0 amide bonds. The molecule has 2 N–H and O–H groups in total. The summed E-state index contributed by atoms with van der Waals surface area (Å²) in [6.45, 7) is 1.10. The number of halogens is 1. The maximum Gasteiger partial charge on any atom is 0.266 e. The summed E-state index contributed by atoms with van der Waals surface area (Å²) in [5.41, 5.74) is 0.317. The van der Waals surface area contributed by atoms with Gasteiger partial charge < -0.3 is 10.1 Å². The Kier molecular flexibility index (Phi) is 2.90. The Morgan fingerprint density at radius 2 is 2.26 bits per heavy atom. The molecule has 1 aromatic rings. The van der Waals surface area contributed by atoms with Crippen LogP contribution in [0.2, 0.25) is 0 Å². The third kappa shape index (κ3) is 2.41. The summed E-state index contributed by atoms with van der Waals surface area (Å²) in [4.78, 5) is 4.13. The highest BCUT2D eigenvalue weighted by molar-refractivity contribution is 7.90. The fourth-order valence-electron chi connectivity index (χ4n) is 2.02. The molecule has 0 radical (unpaired) electrons. The average molecular weight is 285 g/mol. The second-order valence-corrected chi connectivity index (χ2v) is 6.02. The molecule has 0 saturated carbocycles. The van der Waals surface area contributed by atoms with Gasteiger partial charge in [-0.1, -0.05) is 0 Å². The molecule has 0 spiro atoms. The van der Waals surface area contributed by atoms with E-state index in [1.54, 1.807) is 0 Å². The van der Waals surface area contributed by atoms with Crippen LogP contribution in [0.5, 0.6) is 0 Å². The van der Waals surface area contributed by atoms with E-state index in [-0.39, 0.29) is 16.9 Å². The van der Waals surface area contributed by atoms with E-state index in [9.17, 15) is 12.8 Å². The monoisotopic (exact) mass is 285 g/mol. The highest BCUT2D eigenvalue weighted by Crippen LogP contribution is 2.25. The van der Waals surface area contributed by atoms with Gasteiger partial charge in [0.15, 0.2) is 0 Å². The highest BCUT2D eigenvalue weighted by atomic mass is 32.2. The molecule has 8 heteroatoms. The fraction of sp³-hybridized carbons (Fsp3) is 0.364. The summed E-state index contributed by atoms with van der Waals surface area (Å²) < 4.78 is 44.5. The van der Waals surface area contributed by atoms with Crippen LogP contribution < -0.4 is 10.0 Å². The molecule has 0 bridgehead atoms. The summed E-state index contributed by atoms with van der Waals surface area (Å²) in [7, 11) is -3.78. The zero-order valence-electron chi connectivity index (χ0n) is 9.89. The topological polar surface area (TPSA) is 79.8 Å². The Hall–Kier alpha value is -1.67. The molecule has 1 atom stereocenters. The number of nitrogens with zero attached hydrogens (tertiary/aromatic N) is 1. The Morgan fingerprint density at radius 3 is 3.00 bits per heavy atom. The quantitative estimate of drug-likeness (QED) is 0.795. The molecule has 2 aliphatic rings. The van der Waals surface area contributed by atoms with Gasteiger partial charge in [-0.2, -0.15) is 0 Å². The smallest absolute Gasteiger partial charge is 0.266 e. The highest BCUT2D eigenvalue weighted by Gasteiger charge is 2.28. The summed E-state index contributed by atoms with van der Waals surface area (Å²) in [5, 5.41) is 2.84. The van der Waals surface area contributed by atoms with Crippen LogP contribution in [0.3, 0.4) is 0 Å². The van der Waals surface area contributed by atoms with Gasteiger partial charge in [-0.15, -0.1) is 0 Å². The first-order valence-electron chi connectivity index (χ1n) is 5.79. The fourth-order valence-corrected chi connectivity index (χ4v) is 3.17. The average Bonchev–Trinajstić information content (AvgIpc) is 2.82. The van der Waals surface area contributed by atoms with Crippen LogP contribution in [0, 0.1) is 5.82 Å². The molecule has 0 aliphatic carbocycles. The van der Waals surface area contributed by atoms with Gasteiger partial charge in [0.2, 0.25) is 5.96 Å². The van der Waals surface area contributed by atoms with E-state index in [4.69, 9.17) is 4.74 Å². The minimum atomic E-state index is -3.78. The van der Waals surface area contributed by atoms with Crippen molar-refractivity contribution in [1.82, 2.24) is 4.72 Å². The van der Waals surface area contributed by atoms with Crippen LogP contribution in [0.4, 0.5) is 10.1 Å². The number of aliphatic imine (C=N–C) groups is 1. The van der Waals surface area contributed by atoms with Crippen LogP contribution >= 0.6 is 0 Å². The van der Waals surface area contributed by atoms with E-state index < -0.39 is 15.8 Å². The SMILES string of the molecule is O=S1(=O)NC(=NC2CCOC2)Nc2ccc(F)cc21. The largest absolute Gasteiger partial charge is 0.379 e. The van der Waals surface area contributed by atoms with E-state index in [0.29, 0.717) is 18.9 Å². The molecule has 1 saturated heterocycles. The number of sulfonamides is 1. The van der Waals surface area contributed by atoms with E-state index in [0.717, 1.165) is 12.5 Å². The lowest BCUT2D eigenvalue weighted by Gasteiger charge is -2.22. The van der Waals surface area contributed by atoms with Crippen LogP contribution in [0.15, 0.2) is 28.1 Å². The molecule has 0 aromatic heterocycles.